The average Bonchev–Trinajstić information content (AvgIpc) is 2.81. The predicted molar refractivity (Wildman–Crippen MR) is 83.9 cm³/mol. The molecule has 0 aliphatic heterocycles. The molecule has 0 spiro atoms. The van der Waals surface area contributed by atoms with Gasteiger partial charge in [-0.2, -0.15) is 0 Å². The summed E-state index contributed by atoms with van der Waals surface area (Å²) in [7, 11) is 4.22. The minimum Gasteiger partial charge on any atom is -0.310 e. The van der Waals surface area contributed by atoms with Crippen molar-refractivity contribution < 1.29 is 0 Å². The van der Waals surface area contributed by atoms with Crippen LogP contribution in [0.25, 0.3) is 0 Å². The smallest absolute Gasteiger partial charge is 0.0516 e. The van der Waals surface area contributed by atoms with E-state index >= 15 is 0 Å². The van der Waals surface area contributed by atoms with Gasteiger partial charge in [-0.1, -0.05) is 41.9 Å². The third-order valence-corrected chi connectivity index (χ3v) is 4.35. The molecule has 4 heteroatoms. The third-order valence-electron chi connectivity index (χ3n) is 3.07. The van der Waals surface area contributed by atoms with Crippen LogP contribution in [0.3, 0.4) is 0 Å². The Morgan fingerprint density at radius 1 is 1.26 bits per heavy atom. The third kappa shape index (κ3) is 4.32. The van der Waals surface area contributed by atoms with Crippen LogP contribution in [0.2, 0.25) is 5.02 Å². The van der Waals surface area contributed by atoms with Crippen molar-refractivity contribution >= 4 is 22.9 Å². The largest absolute Gasteiger partial charge is 0.310 e. The van der Waals surface area contributed by atoms with E-state index < -0.39 is 0 Å². The van der Waals surface area contributed by atoms with E-state index in [9.17, 15) is 0 Å². The fourth-order valence-electron chi connectivity index (χ4n) is 2.05. The van der Waals surface area contributed by atoms with Crippen LogP contribution < -0.4 is 5.32 Å². The van der Waals surface area contributed by atoms with Crippen molar-refractivity contribution in [1.29, 1.82) is 0 Å². The molecule has 2 nitrogen and oxygen atoms in total. The van der Waals surface area contributed by atoms with E-state index in [1.807, 2.05) is 11.4 Å². The lowest BCUT2D eigenvalue weighted by Gasteiger charge is -2.25. The first-order valence-corrected chi connectivity index (χ1v) is 7.57. The van der Waals surface area contributed by atoms with Crippen molar-refractivity contribution in [2.75, 3.05) is 20.6 Å². The van der Waals surface area contributed by atoms with Crippen LogP contribution in [-0.2, 0) is 6.54 Å². The second kappa shape index (κ2) is 7.06. The predicted octanol–water partition coefficient (Wildman–Crippen LogP) is 3.79. The summed E-state index contributed by atoms with van der Waals surface area (Å²) in [5.74, 6) is 0. The summed E-state index contributed by atoms with van der Waals surface area (Å²) in [6.07, 6.45) is 0. The lowest BCUT2D eigenvalue weighted by Crippen LogP contribution is -2.30. The Bertz CT molecular complexity index is 496. The van der Waals surface area contributed by atoms with Crippen LogP contribution in [-0.4, -0.2) is 25.5 Å². The summed E-state index contributed by atoms with van der Waals surface area (Å²) in [4.78, 5) is 3.51. The van der Waals surface area contributed by atoms with E-state index in [0.717, 1.165) is 18.1 Å². The summed E-state index contributed by atoms with van der Waals surface area (Å²) in [5, 5.41) is 6.30. The van der Waals surface area contributed by atoms with Crippen molar-refractivity contribution in [2.45, 2.75) is 12.6 Å². The van der Waals surface area contributed by atoms with Crippen LogP contribution in [0.5, 0.6) is 0 Å². The molecule has 0 saturated carbocycles. The molecular formula is C15H19ClN2S. The first kappa shape index (κ1) is 14.5. The fourth-order valence-corrected chi connectivity index (χ4v) is 3.09. The van der Waals surface area contributed by atoms with Crippen molar-refractivity contribution in [3.63, 3.8) is 0 Å². The highest BCUT2D eigenvalue weighted by Gasteiger charge is 2.13. The monoisotopic (exact) mass is 294 g/mol. The highest BCUT2D eigenvalue weighted by Crippen LogP contribution is 2.20. The van der Waals surface area contributed by atoms with Gasteiger partial charge in [-0.25, -0.2) is 0 Å². The highest BCUT2D eigenvalue weighted by atomic mass is 35.5. The van der Waals surface area contributed by atoms with E-state index in [2.05, 4.69) is 54.6 Å². The number of benzene rings is 1. The molecule has 1 aromatic carbocycles. The van der Waals surface area contributed by atoms with Gasteiger partial charge in [0, 0.05) is 29.4 Å². The van der Waals surface area contributed by atoms with Gasteiger partial charge in [0.2, 0.25) is 0 Å². The molecule has 0 aliphatic carbocycles. The molecule has 1 heterocycles. The zero-order chi connectivity index (χ0) is 13.7. The topological polar surface area (TPSA) is 15.3 Å². The Morgan fingerprint density at radius 2 is 2.00 bits per heavy atom. The normalized spacial score (nSPS) is 12.8. The number of nitrogens with zero attached hydrogens (tertiary/aromatic N) is 1. The molecular weight excluding hydrogens is 276 g/mol. The minimum atomic E-state index is 0.386. The van der Waals surface area contributed by atoms with Crippen molar-refractivity contribution in [2.24, 2.45) is 0 Å². The van der Waals surface area contributed by atoms with Crippen molar-refractivity contribution in [3.05, 3.63) is 57.2 Å². The van der Waals surface area contributed by atoms with E-state index in [1.165, 1.54) is 10.4 Å². The van der Waals surface area contributed by atoms with Crippen LogP contribution >= 0.6 is 22.9 Å². The Kier molecular flexibility index (Phi) is 5.40. The van der Waals surface area contributed by atoms with Crippen LogP contribution in [0.15, 0.2) is 41.8 Å². The van der Waals surface area contributed by atoms with Gasteiger partial charge in [-0.3, -0.25) is 0 Å². The maximum absolute atomic E-state index is 5.92. The van der Waals surface area contributed by atoms with Gasteiger partial charge in [0.15, 0.2) is 0 Å². The molecule has 0 aliphatic rings. The molecule has 1 unspecified atom stereocenters. The van der Waals surface area contributed by atoms with Gasteiger partial charge in [-0.05, 0) is 25.7 Å². The molecule has 0 radical (unpaired) electrons. The molecule has 19 heavy (non-hydrogen) atoms. The van der Waals surface area contributed by atoms with Crippen molar-refractivity contribution in [3.8, 4) is 0 Å². The molecule has 2 aromatic rings. The fraction of sp³-hybridized carbons (Fsp3) is 0.333. The number of rotatable bonds is 6. The summed E-state index contributed by atoms with van der Waals surface area (Å²) in [6.45, 7) is 1.79. The molecule has 0 amide bonds. The average molecular weight is 295 g/mol. The summed E-state index contributed by atoms with van der Waals surface area (Å²) >= 11 is 7.62. The number of halogens is 1. The molecule has 1 N–H and O–H groups in total. The lowest BCUT2D eigenvalue weighted by atomic mass is 10.1. The van der Waals surface area contributed by atoms with Gasteiger partial charge < -0.3 is 10.2 Å². The number of likely N-dealkylation sites (N-methyl/N-ethyl adjacent to an activating group) is 1. The van der Waals surface area contributed by atoms with Gasteiger partial charge in [-0.15, -0.1) is 11.3 Å². The quantitative estimate of drug-likeness (QED) is 0.872. The first-order chi connectivity index (χ1) is 9.16. The molecule has 0 saturated heterocycles. The maximum atomic E-state index is 5.92. The van der Waals surface area contributed by atoms with Crippen LogP contribution in [0, 0.1) is 0 Å². The summed E-state index contributed by atoms with van der Waals surface area (Å²) in [6, 6.07) is 13.0. The highest BCUT2D eigenvalue weighted by molar-refractivity contribution is 7.10. The SMILES string of the molecule is CN(C)C(CNCc1cc(Cl)cs1)c1ccccc1. The molecule has 2 rings (SSSR count). The van der Waals surface area contributed by atoms with E-state index in [4.69, 9.17) is 11.6 Å². The van der Waals surface area contributed by atoms with Crippen LogP contribution in [0.1, 0.15) is 16.5 Å². The lowest BCUT2D eigenvalue weighted by molar-refractivity contribution is 0.288. The van der Waals surface area contributed by atoms with Gasteiger partial charge in [0.05, 0.1) is 5.02 Å². The van der Waals surface area contributed by atoms with Gasteiger partial charge in [0.1, 0.15) is 0 Å². The van der Waals surface area contributed by atoms with E-state index in [0.29, 0.717) is 6.04 Å². The second-order valence-electron chi connectivity index (χ2n) is 4.75. The molecule has 102 valence electrons. The van der Waals surface area contributed by atoms with E-state index in [-0.39, 0.29) is 0 Å². The standard InChI is InChI=1S/C15H19ClN2S/c1-18(2)15(12-6-4-3-5-7-12)10-17-9-14-8-13(16)11-19-14/h3-8,11,15,17H,9-10H2,1-2H3. The Morgan fingerprint density at radius 3 is 2.58 bits per heavy atom. The van der Waals surface area contributed by atoms with Crippen molar-refractivity contribution in [1.82, 2.24) is 10.2 Å². The zero-order valence-electron chi connectivity index (χ0n) is 11.3. The Labute approximate surface area is 124 Å². The molecule has 1 aromatic heterocycles. The maximum Gasteiger partial charge on any atom is 0.0516 e. The number of nitrogens with one attached hydrogen (secondary N) is 1. The summed E-state index contributed by atoms with van der Waals surface area (Å²) < 4.78 is 0. The molecule has 1 atom stereocenters. The van der Waals surface area contributed by atoms with Crippen LogP contribution in [0.4, 0.5) is 0 Å². The van der Waals surface area contributed by atoms with Gasteiger partial charge >= 0.3 is 0 Å². The first-order valence-electron chi connectivity index (χ1n) is 6.32. The minimum absolute atomic E-state index is 0.386. The number of thiophene rings is 1. The second-order valence-corrected chi connectivity index (χ2v) is 6.18. The Hall–Kier alpha value is -0.870. The van der Waals surface area contributed by atoms with Gasteiger partial charge in [0.25, 0.3) is 0 Å². The van der Waals surface area contributed by atoms with E-state index in [1.54, 1.807) is 11.3 Å². The summed E-state index contributed by atoms with van der Waals surface area (Å²) in [5.41, 5.74) is 1.34. The molecule has 0 fully saturated rings. The molecule has 0 bridgehead atoms. The number of hydrogen-bond acceptors (Lipinski definition) is 3. The zero-order valence-corrected chi connectivity index (χ0v) is 12.8. The number of hydrogen-bond donors (Lipinski definition) is 1. The Balaban J connectivity index is 1.91.